The summed E-state index contributed by atoms with van der Waals surface area (Å²) in [4.78, 5) is 4.34. The van der Waals surface area contributed by atoms with Gasteiger partial charge in [0.05, 0.1) is 11.8 Å². The van der Waals surface area contributed by atoms with Gasteiger partial charge >= 0.3 is 0 Å². The molecule has 0 aliphatic carbocycles. The Labute approximate surface area is 119 Å². The molecule has 0 aliphatic heterocycles. The first-order valence-electron chi connectivity index (χ1n) is 6.01. The summed E-state index contributed by atoms with van der Waals surface area (Å²) in [6.45, 7) is 0.625. The lowest BCUT2D eigenvalue weighted by Gasteiger charge is -2.06. The highest BCUT2D eigenvalue weighted by Gasteiger charge is 2.11. The first kappa shape index (κ1) is 12.4. The number of hydrogen-bond acceptors (Lipinski definition) is 1. The number of benzene rings is 2. The van der Waals surface area contributed by atoms with E-state index < -0.39 is 0 Å². The molecule has 0 fully saturated rings. The van der Waals surface area contributed by atoms with Crippen LogP contribution in [0.2, 0.25) is 0 Å². The Hall–Kier alpha value is -1.68. The predicted octanol–water partition coefficient (Wildman–Crippen LogP) is 4.12. The number of alkyl halides is 1. The number of imidazole rings is 1. The molecule has 0 saturated carbocycles. The Balaban J connectivity index is 2.10. The third-order valence-electron chi connectivity index (χ3n) is 3.14. The van der Waals surface area contributed by atoms with E-state index in [-0.39, 0.29) is 5.82 Å². The van der Waals surface area contributed by atoms with E-state index >= 15 is 0 Å². The molecule has 3 rings (SSSR count). The summed E-state index contributed by atoms with van der Waals surface area (Å²) in [5.74, 6) is -0.229. The van der Waals surface area contributed by atoms with Crippen LogP contribution in [0, 0.1) is 5.82 Å². The monoisotopic (exact) mass is 318 g/mol. The molecule has 0 spiro atoms. The summed E-state index contributed by atoms with van der Waals surface area (Å²) in [5, 5.41) is 0.673. The zero-order chi connectivity index (χ0) is 13.2. The summed E-state index contributed by atoms with van der Waals surface area (Å²) in [6, 6.07) is 13.3. The lowest BCUT2D eigenvalue weighted by molar-refractivity contribution is 0.628. The normalized spacial score (nSPS) is 11.1. The first-order chi connectivity index (χ1) is 9.29. The molecule has 0 amide bonds. The van der Waals surface area contributed by atoms with Crippen molar-refractivity contribution >= 4 is 27.0 Å². The van der Waals surface area contributed by atoms with Crippen molar-refractivity contribution < 1.29 is 4.39 Å². The topological polar surface area (TPSA) is 17.8 Å². The summed E-state index contributed by atoms with van der Waals surface area (Å²) in [6.07, 6.45) is 1.70. The third kappa shape index (κ3) is 2.28. The fraction of sp³-hybridized carbons (Fsp3) is 0.133. The smallest absolute Gasteiger partial charge is 0.149 e. The molecule has 4 heteroatoms. The Bertz CT molecular complexity index is 707. The predicted molar refractivity (Wildman–Crippen MR) is 77.9 cm³/mol. The molecule has 0 bridgehead atoms. The van der Waals surface area contributed by atoms with Crippen LogP contribution in [-0.2, 0) is 11.9 Å². The maximum atomic E-state index is 14.0. The van der Waals surface area contributed by atoms with Gasteiger partial charge in [-0.05, 0) is 17.2 Å². The Morgan fingerprint density at radius 2 is 1.89 bits per heavy atom. The van der Waals surface area contributed by atoms with Gasteiger partial charge in [0.15, 0.2) is 0 Å². The average Bonchev–Trinajstić information content (AvgIpc) is 2.85. The molecule has 19 heavy (non-hydrogen) atoms. The fourth-order valence-corrected chi connectivity index (χ4v) is 2.66. The van der Waals surface area contributed by atoms with Crippen LogP contribution < -0.4 is 0 Å². The standard InChI is InChI=1S/C15H12BrFN2/c16-8-12-6-7-13(17)15-14(12)18-10-19(15)9-11-4-2-1-3-5-11/h1-7,10H,8-9H2. The fourth-order valence-electron chi connectivity index (χ4n) is 2.21. The van der Waals surface area contributed by atoms with Gasteiger partial charge in [-0.1, -0.05) is 52.3 Å². The largest absolute Gasteiger partial charge is 0.324 e. The molecule has 96 valence electrons. The molecular formula is C15H12BrFN2. The zero-order valence-corrected chi connectivity index (χ0v) is 11.8. The van der Waals surface area contributed by atoms with Gasteiger partial charge in [0.25, 0.3) is 0 Å². The highest BCUT2D eigenvalue weighted by Crippen LogP contribution is 2.23. The minimum atomic E-state index is -0.229. The van der Waals surface area contributed by atoms with Gasteiger partial charge in [-0.15, -0.1) is 0 Å². The second-order valence-corrected chi connectivity index (χ2v) is 4.96. The molecule has 3 aromatic rings. The Morgan fingerprint density at radius 1 is 1.11 bits per heavy atom. The molecule has 0 radical (unpaired) electrons. The molecule has 2 nitrogen and oxygen atoms in total. The van der Waals surface area contributed by atoms with Crippen LogP contribution in [0.4, 0.5) is 4.39 Å². The van der Waals surface area contributed by atoms with E-state index in [1.165, 1.54) is 6.07 Å². The zero-order valence-electron chi connectivity index (χ0n) is 10.2. The van der Waals surface area contributed by atoms with Crippen molar-refractivity contribution in [1.29, 1.82) is 0 Å². The number of nitrogens with zero attached hydrogens (tertiary/aromatic N) is 2. The molecule has 0 saturated heterocycles. The molecule has 0 unspecified atom stereocenters. The van der Waals surface area contributed by atoms with E-state index in [1.54, 1.807) is 12.4 Å². The van der Waals surface area contributed by atoms with Crippen molar-refractivity contribution in [2.24, 2.45) is 0 Å². The van der Waals surface area contributed by atoms with Crippen LogP contribution in [0.25, 0.3) is 11.0 Å². The molecule has 0 aliphatic rings. The molecule has 0 N–H and O–H groups in total. The number of halogens is 2. The van der Waals surface area contributed by atoms with Gasteiger partial charge in [0.1, 0.15) is 11.3 Å². The molecule has 2 aromatic carbocycles. The molecule has 1 heterocycles. The SMILES string of the molecule is Fc1ccc(CBr)c2ncn(Cc3ccccc3)c12. The Kier molecular flexibility index (Phi) is 3.34. The van der Waals surface area contributed by atoms with Crippen molar-refractivity contribution in [3.8, 4) is 0 Å². The van der Waals surface area contributed by atoms with E-state index in [0.29, 0.717) is 17.4 Å². The molecular weight excluding hydrogens is 307 g/mol. The van der Waals surface area contributed by atoms with Gasteiger partial charge in [-0.3, -0.25) is 0 Å². The summed E-state index contributed by atoms with van der Waals surface area (Å²) in [5.41, 5.74) is 3.43. The van der Waals surface area contributed by atoms with Crippen LogP contribution in [-0.4, -0.2) is 9.55 Å². The van der Waals surface area contributed by atoms with Crippen LogP contribution in [0.1, 0.15) is 11.1 Å². The summed E-state index contributed by atoms with van der Waals surface area (Å²) >= 11 is 3.41. The average molecular weight is 319 g/mol. The highest BCUT2D eigenvalue weighted by molar-refractivity contribution is 9.08. The highest BCUT2D eigenvalue weighted by atomic mass is 79.9. The van der Waals surface area contributed by atoms with Crippen LogP contribution in [0.15, 0.2) is 48.8 Å². The quantitative estimate of drug-likeness (QED) is 0.664. The summed E-state index contributed by atoms with van der Waals surface area (Å²) < 4.78 is 15.9. The van der Waals surface area contributed by atoms with Crippen molar-refractivity contribution in [3.05, 3.63) is 65.7 Å². The number of rotatable bonds is 3. The van der Waals surface area contributed by atoms with Crippen LogP contribution in [0.3, 0.4) is 0 Å². The van der Waals surface area contributed by atoms with Crippen molar-refractivity contribution in [3.63, 3.8) is 0 Å². The van der Waals surface area contributed by atoms with Gasteiger partial charge < -0.3 is 4.57 Å². The number of fused-ring (bicyclic) bond motifs is 1. The van der Waals surface area contributed by atoms with Gasteiger partial charge in [-0.25, -0.2) is 9.37 Å². The number of aromatic nitrogens is 2. The third-order valence-corrected chi connectivity index (χ3v) is 3.74. The van der Waals surface area contributed by atoms with Crippen molar-refractivity contribution in [2.75, 3.05) is 0 Å². The second-order valence-electron chi connectivity index (χ2n) is 4.40. The Morgan fingerprint density at radius 3 is 2.63 bits per heavy atom. The van der Waals surface area contributed by atoms with Gasteiger partial charge in [0.2, 0.25) is 0 Å². The number of hydrogen-bond donors (Lipinski definition) is 0. The van der Waals surface area contributed by atoms with Crippen LogP contribution >= 0.6 is 15.9 Å². The lowest BCUT2D eigenvalue weighted by Crippen LogP contribution is -1.99. The van der Waals surface area contributed by atoms with E-state index in [0.717, 1.165) is 16.6 Å². The summed E-state index contributed by atoms with van der Waals surface area (Å²) in [7, 11) is 0. The van der Waals surface area contributed by atoms with Gasteiger partial charge in [-0.2, -0.15) is 0 Å². The van der Waals surface area contributed by atoms with E-state index in [9.17, 15) is 4.39 Å². The molecule has 0 atom stereocenters. The minimum absolute atomic E-state index is 0.229. The first-order valence-corrected chi connectivity index (χ1v) is 7.14. The van der Waals surface area contributed by atoms with E-state index in [1.807, 2.05) is 34.9 Å². The van der Waals surface area contributed by atoms with Crippen molar-refractivity contribution in [1.82, 2.24) is 9.55 Å². The van der Waals surface area contributed by atoms with Gasteiger partial charge in [0, 0.05) is 11.9 Å². The van der Waals surface area contributed by atoms with E-state index in [4.69, 9.17) is 0 Å². The van der Waals surface area contributed by atoms with Crippen molar-refractivity contribution in [2.45, 2.75) is 11.9 Å². The molecule has 1 aromatic heterocycles. The minimum Gasteiger partial charge on any atom is -0.324 e. The van der Waals surface area contributed by atoms with Crippen LogP contribution in [0.5, 0.6) is 0 Å². The maximum Gasteiger partial charge on any atom is 0.149 e. The maximum absolute atomic E-state index is 14.0. The van der Waals surface area contributed by atoms with E-state index in [2.05, 4.69) is 20.9 Å². The lowest BCUT2D eigenvalue weighted by atomic mass is 10.2. The second kappa shape index (κ2) is 5.13.